The van der Waals surface area contributed by atoms with E-state index in [4.69, 9.17) is 9.47 Å². The van der Waals surface area contributed by atoms with Crippen LogP contribution < -0.4 is 4.74 Å². The maximum atomic E-state index is 11.5. The Balaban J connectivity index is 1.65. The van der Waals surface area contributed by atoms with Crippen molar-refractivity contribution in [3.8, 4) is 33.8 Å². The number of carbonyl (C=O) groups excluding carboxylic acids is 1. The van der Waals surface area contributed by atoms with E-state index in [0.29, 0.717) is 13.2 Å². The highest BCUT2D eigenvalue weighted by molar-refractivity contribution is 5.77. The van der Waals surface area contributed by atoms with Gasteiger partial charge in [-0.1, -0.05) is 60.7 Å². The molecule has 0 aliphatic heterocycles. The Labute approximate surface area is 189 Å². The molecule has 0 radical (unpaired) electrons. The molecule has 0 unspecified atom stereocenters. The van der Waals surface area contributed by atoms with E-state index in [1.807, 2.05) is 36.4 Å². The number of aromatic nitrogens is 1. The van der Waals surface area contributed by atoms with Gasteiger partial charge in [0.1, 0.15) is 5.75 Å². The monoisotopic (exact) mass is 425 g/mol. The molecule has 0 atom stereocenters. The van der Waals surface area contributed by atoms with Crippen LogP contribution in [0.5, 0.6) is 5.75 Å². The van der Waals surface area contributed by atoms with E-state index in [-0.39, 0.29) is 12.4 Å². The highest BCUT2D eigenvalue weighted by atomic mass is 16.5. The van der Waals surface area contributed by atoms with Gasteiger partial charge in [0, 0.05) is 16.9 Å². The van der Waals surface area contributed by atoms with Crippen molar-refractivity contribution in [2.24, 2.45) is 0 Å². The minimum absolute atomic E-state index is 0.241. The fourth-order valence-corrected chi connectivity index (χ4v) is 3.85. The normalized spacial score (nSPS) is 10.7. The van der Waals surface area contributed by atoms with Crippen LogP contribution in [0.4, 0.5) is 0 Å². The summed E-state index contributed by atoms with van der Waals surface area (Å²) in [5, 5.41) is 0. The lowest BCUT2D eigenvalue weighted by Crippen LogP contribution is -2.09. The van der Waals surface area contributed by atoms with Gasteiger partial charge in [-0.2, -0.15) is 0 Å². The van der Waals surface area contributed by atoms with Crippen molar-refractivity contribution in [1.29, 1.82) is 0 Å². The zero-order chi connectivity index (χ0) is 22.3. The van der Waals surface area contributed by atoms with E-state index in [9.17, 15) is 4.79 Å². The number of benzene rings is 3. The van der Waals surface area contributed by atoms with Crippen LogP contribution in [0.25, 0.3) is 28.1 Å². The van der Waals surface area contributed by atoms with Crippen molar-refractivity contribution in [3.05, 3.63) is 96.7 Å². The van der Waals surface area contributed by atoms with Crippen LogP contribution in [0, 0.1) is 6.92 Å². The lowest BCUT2D eigenvalue weighted by atomic mass is 10.1. The summed E-state index contributed by atoms with van der Waals surface area (Å²) < 4.78 is 12.9. The van der Waals surface area contributed by atoms with E-state index >= 15 is 0 Å². The third-order valence-corrected chi connectivity index (χ3v) is 5.38. The van der Waals surface area contributed by atoms with Gasteiger partial charge >= 0.3 is 5.97 Å². The van der Waals surface area contributed by atoms with Crippen molar-refractivity contribution in [3.63, 3.8) is 0 Å². The summed E-state index contributed by atoms with van der Waals surface area (Å²) in [4.78, 5) is 11.5. The molecule has 32 heavy (non-hydrogen) atoms. The average Bonchev–Trinajstić information content (AvgIpc) is 3.18. The predicted molar refractivity (Wildman–Crippen MR) is 128 cm³/mol. The molecule has 0 spiro atoms. The summed E-state index contributed by atoms with van der Waals surface area (Å²) in [7, 11) is 0. The average molecular weight is 426 g/mol. The standard InChI is InChI=1S/C28H27NO3/c1-3-31-28(30)18-19-32-25-16-14-24(15-17-25)29-21(2)26(22-10-6-4-7-11-22)20-27(29)23-12-8-5-9-13-23/h4-17,20H,3,18-19H2,1-2H3. The second kappa shape index (κ2) is 10.0. The van der Waals surface area contributed by atoms with Crippen LogP contribution in [0.3, 0.4) is 0 Å². The van der Waals surface area contributed by atoms with Crippen LogP contribution in [-0.2, 0) is 9.53 Å². The minimum atomic E-state index is -0.243. The van der Waals surface area contributed by atoms with Crippen LogP contribution in [0.15, 0.2) is 91.0 Å². The molecule has 0 aliphatic rings. The smallest absolute Gasteiger partial charge is 0.309 e. The van der Waals surface area contributed by atoms with Crippen molar-refractivity contribution in [2.45, 2.75) is 20.3 Å². The Morgan fingerprint density at radius 1 is 0.844 bits per heavy atom. The maximum absolute atomic E-state index is 11.5. The summed E-state index contributed by atoms with van der Waals surface area (Å²) in [6.45, 7) is 4.64. The molecule has 1 heterocycles. The Kier molecular flexibility index (Phi) is 6.71. The lowest BCUT2D eigenvalue weighted by Gasteiger charge is -2.14. The number of ether oxygens (including phenoxy) is 2. The van der Waals surface area contributed by atoms with Gasteiger partial charge in [0.15, 0.2) is 0 Å². The maximum Gasteiger partial charge on any atom is 0.309 e. The van der Waals surface area contributed by atoms with E-state index in [2.05, 4.69) is 66.1 Å². The Bertz CT molecular complexity index is 1160. The van der Waals surface area contributed by atoms with Crippen LogP contribution in [0.1, 0.15) is 19.0 Å². The fourth-order valence-electron chi connectivity index (χ4n) is 3.85. The molecule has 0 saturated carbocycles. The fraction of sp³-hybridized carbons (Fsp3) is 0.179. The molecule has 0 N–H and O–H groups in total. The van der Waals surface area contributed by atoms with E-state index in [1.54, 1.807) is 6.92 Å². The van der Waals surface area contributed by atoms with E-state index in [0.717, 1.165) is 22.7 Å². The number of hydrogen-bond acceptors (Lipinski definition) is 3. The topological polar surface area (TPSA) is 40.5 Å². The first-order valence-electron chi connectivity index (χ1n) is 10.9. The van der Waals surface area contributed by atoms with Gasteiger partial charge in [-0.3, -0.25) is 4.79 Å². The molecular weight excluding hydrogens is 398 g/mol. The molecule has 1 aromatic heterocycles. The first-order valence-corrected chi connectivity index (χ1v) is 10.9. The molecule has 3 aromatic carbocycles. The van der Waals surface area contributed by atoms with E-state index in [1.165, 1.54) is 16.8 Å². The summed E-state index contributed by atoms with van der Waals surface area (Å²) in [5.41, 5.74) is 6.93. The van der Waals surface area contributed by atoms with Crippen LogP contribution in [-0.4, -0.2) is 23.8 Å². The minimum Gasteiger partial charge on any atom is -0.493 e. The van der Waals surface area contributed by atoms with Crippen molar-refractivity contribution in [1.82, 2.24) is 4.57 Å². The van der Waals surface area contributed by atoms with Crippen LogP contribution in [0.2, 0.25) is 0 Å². The summed E-state index contributed by atoms with van der Waals surface area (Å²) in [6.07, 6.45) is 0.241. The number of hydrogen-bond donors (Lipinski definition) is 0. The number of esters is 1. The molecule has 0 fully saturated rings. The van der Waals surface area contributed by atoms with E-state index < -0.39 is 0 Å². The predicted octanol–water partition coefficient (Wildman–Crippen LogP) is 6.45. The van der Waals surface area contributed by atoms with Crippen molar-refractivity contribution in [2.75, 3.05) is 13.2 Å². The second-order valence-corrected chi connectivity index (χ2v) is 7.49. The molecular formula is C28H27NO3. The van der Waals surface area contributed by atoms with Gasteiger partial charge in [-0.25, -0.2) is 0 Å². The Morgan fingerprint density at radius 3 is 2.09 bits per heavy atom. The third-order valence-electron chi connectivity index (χ3n) is 5.38. The molecule has 4 nitrogen and oxygen atoms in total. The molecule has 162 valence electrons. The first-order chi connectivity index (χ1) is 15.7. The molecule has 0 bridgehead atoms. The lowest BCUT2D eigenvalue weighted by molar-refractivity contribution is -0.143. The second-order valence-electron chi connectivity index (χ2n) is 7.49. The first kappa shape index (κ1) is 21.4. The number of rotatable bonds is 8. The van der Waals surface area contributed by atoms with Crippen LogP contribution >= 0.6 is 0 Å². The Morgan fingerprint density at radius 2 is 1.47 bits per heavy atom. The zero-order valence-corrected chi connectivity index (χ0v) is 18.5. The quantitative estimate of drug-likeness (QED) is 0.305. The summed E-state index contributed by atoms with van der Waals surface area (Å²) in [5.74, 6) is 0.487. The molecule has 4 rings (SSSR count). The molecule has 0 aliphatic carbocycles. The summed E-state index contributed by atoms with van der Waals surface area (Å²) in [6, 6.07) is 31.1. The zero-order valence-electron chi connectivity index (χ0n) is 18.5. The molecule has 0 amide bonds. The van der Waals surface area contributed by atoms with Crippen molar-refractivity contribution < 1.29 is 14.3 Å². The third kappa shape index (κ3) is 4.75. The Hall–Kier alpha value is -3.79. The number of carbonyl (C=O) groups is 1. The molecule has 4 heteroatoms. The van der Waals surface area contributed by atoms with Gasteiger partial charge in [0.05, 0.1) is 25.3 Å². The molecule has 4 aromatic rings. The SMILES string of the molecule is CCOC(=O)CCOc1ccc(-n2c(-c3ccccc3)cc(-c3ccccc3)c2C)cc1. The summed E-state index contributed by atoms with van der Waals surface area (Å²) >= 11 is 0. The van der Waals surface area contributed by atoms with Gasteiger partial charge in [0.2, 0.25) is 0 Å². The van der Waals surface area contributed by atoms with Crippen molar-refractivity contribution >= 4 is 5.97 Å². The van der Waals surface area contributed by atoms with Gasteiger partial charge < -0.3 is 14.0 Å². The van der Waals surface area contributed by atoms with Gasteiger partial charge in [-0.05, 0) is 55.3 Å². The molecule has 0 saturated heterocycles. The largest absolute Gasteiger partial charge is 0.493 e. The van der Waals surface area contributed by atoms with Gasteiger partial charge in [0.25, 0.3) is 0 Å². The van der Waals surface area contributed by atoms with Gasteiger partial charge in [-0.15, -0.1) is 0 Å². The number of nitrogens with zero attached hydrogens (tertiary/aromatic N) is 1. The highest BCUT2D eigenvalue weighted by Crippen LogP contribution is 2.35. The highest BCUT2D eigenvalue weighted by Gasteiger charge is 2.16.